The monoisotopic (exact) mass is 348 g/mol. The predicted molar refractivity (Wildman–Crippen MR) is 68.9 cm³/mol. The van der Waals surface area contributed by atoms with Gasteiger partial charge in [-0.2, -0.15) is 0 Å². The van der Waals surface area contributed by atoms with Crippen molar-refractivity contribution >= 4 is 33.3 Å². The van der Waals surface area contributed by atoms with Crippen molar-refractivity contribution in [3.8, 4) is 0 Å². The Morgan fingerprint density at radius 1 is 1.00 bits per heavy atom. The van der Waals surface area contributed by atoms with Gasteiger partial charge in [0.2, 0.25) is 0 Å². The second-order valence-corrected chi connectivity index (χ2v) is 4.97. The first-order valence-corrected chi connectivity index (χ1v) is 6.21. The van der Waals surface area contributed by atoms with E-state index in [4.69, 9.17) is 11.6 Å². The molecule has 0 atom stereocenters. The van der Waals surface area contributed by atoms with E-state index in [1.54, 1.807) is 0 Å². The van der Waals surface area contributed by atoms with Crippen molar-refractivity contribution in [2.75, 3.05) is 0 Å². The molecule has 2 rings (SSSR count). The van der Waals surface area contributed by atoms with Crippen LogP contribution in [0.5, 0.6) is 0 Å². The zero-order valence-corrected chi connectivity index (χ0v) is 11.5. The molecule has 0 fully saturated rings. The van der Waals surface area contributed by atoms with E-state index in [1.807, 2.05) is 0 Å². The van der Waals surface area contributed by atoms with E-state index in [0.717, 1.165) is 18.2 Å². The van der Waals surface area contributed by atoms with Gasteiger partial charge >= 0.3 is 0 Å². The lowest BCUT2D eigenvalue weighted by atomic mass is 10.0. The summed E-state index contributed by atoms with van der Waals surface area (Å²) in [5.74, 6) is -3.14. The van der Waals surface area contributed by atoms with Crippen molar-refractivity contribution in [1.29, 1.82) is 0 Å². The molecular weight excluding hydrogens is 344 g/mol. The van der Waals surface area contributed by atoms with Gasteiger partial charge in [-0.05, 0) is 46.3 Å². The Morgan fingerprint density at radius 2 is 1.68 bits per heavy atom. The molecule has 0 spiro atoms. The third-order valence-corrected chi connectivity index (χ3v) is 3.33. The van der Waals surface area contributed by atoms with Crippen LogP contribution in [0, 0.1) is 17.5 Å². The Balaban J connectivity index is 2.49. The first kappa shape index (κ1) is 14.1. The van der Waals surface area contributed by atoms with Crippen molar-refractivity contribution < 1.29 is 18.0 Å². The van der Waals surface area contributed by atoms with Crippen molar-refractivity contribution in [2.45, 2.75) is 0 Å². The highest BCUT2D eigenvalue weighted by molar-refractivity contribution is 9.10. The van der Waals surface area contributed by atoms with Gasteiger partial charge in [0.1, 0.15) is 17.5 Å². The van der Waals surface area contributed by atoms with Gasteiger partial charge in [0.25, 0.3) is 0 Å². The topological polar surface area (TPSA) is 17.1 Å². The number of halogens is 5. The molecule has 0 bridgehead atoms. The van der Waals surface area contributed by atoms with Crippen LogP contribution in [-0.4, -0.2) is 5.78 Å². The van der Waals surface area contributed by atoms with E-state index in [9.17, 15) is 18.0 Å². The average molecular weight is 350 g/mol. The van der Waals surface area contributed by atoms with Crippen LogP contribution in [0.1, 0.15) is 15.9 Å². The molecule has 0 saturated heterocycles. The van der Waals surface area contributed by atoms with E-state index in [0.29, 0.717) is 0 Å². The molecule has 0 amide bonds. The molecule has 0 aliphatic carbocycles. The third-order valence-electron chi connectivity index (χ3n) is 2.44. The minimum atomic E-state index is -0.933. The molecule has 98 valence electrons. The number of hydrogen-bond acceptors (Lipinski definition) is 1. The Kier molecular flexibility index (Phi) is 3.96. The zero-order chi connectivity index (χ0) is 14.2. The van der Waals surface area contributed by atoms with E-state index in [-0.39, 0.29) is 10.0 Å². The molecular formula is C13H5BrClF3O. The lowest BCUT2D eigenvalue weighted by molar-refractivity contribution is 0.103. The number of hydrogen-bond donors (Lipinski definition) is 0. The molecule has 0 aliphatic rings. The normalized spacial score (nSPS) is 10.6. The standard InChI is InChI=1S/C13H5BrClF3O/c14-8-3-6(1-2-10(8)16)13(19)7-4-12(18)9(15)5-11(7)17/h1-5H. The van der Waals surface area contributed by atoms with Crippen LogP contribution in [0.15, 0.2) is 34.8 Å². The molecule has 0 aromatic heterocycles. The van der Waals surface area contributed by atoms with Gasteiger partial charge in [-0.15, -0.1) is 0 Å². The molecule has 6 heteroatoms. The molecule has 19 heavy (non-hydrogen) atoms. The largest absolute Gasteiger partial charge is 0.288 e. The Morgan fingerprint density at radius 3 is 2.32 bits per heavy atom. The molecule has 0 aliphatic heterocycles. The first-order valence-electron chi connectivity index (χ1n) is 5.04. The summed E-state index contributed by atoms with van der Waals surface area (Å²) in [6, 6.07) is 4.89. The molecule has 2 aromatic rings. The summed E-state index contributed by atoms with van der Waals surface area (Å²) in [5.41, 5.74) is -0.422. The van der Waals surface area contributed by atoms with Crippen LogP contribution in [0.2, 0.25) is 5.02 Å². The smallest absolute Gasteiger partial charge is 0.196 e. The summed E-state index contributed by atoms with van der Waals surface area (Å²) in [6.45, 7) is 0. The highest BCUT2D eigenvalue weighted by Gasteiger charge is 2.18. The van der Waals surface area contributed by atoms with Crippen molar-refractivity contribution in [1.82, 2.24) is 0 Å². The van der Waals surface area contributed by atoms with Gasteiger partial charge in [-0.3, -0.25) is 4.79 Å². The highest BCUT2D eigenvalue weighted by Crippen LogP contribution is 2.23. The maximum absolute atomic E-state index is 13.6. The van der Waals surface area contributed by atoms with Crippen molar-refractivity contribution in [3.63, 3.8) is 0 Å². The maximum atomic E-state index is 13.6. The van der Waals surface area contributed by atoms with Crippen LogP contribution < -0.4 is 0 Å². The molecule has 1 nitrogen and oxygen atoms in total. The van der Waals surface area contributed by atoms with Crippen LogP contribution in [-0.2, 0) is 0 Å². The summed E-state index contributed by atoms with van der Waals surface area (Å²) in [6.07, 6.45) is 0. The van der Waals surface area contributed by atoms with Crippen LogP contribution in [0.25, 0.3) is 0 Å². The summed E-state index contributed by atoms with van der Waals surface area (Å²) < 4.78 is 40.0. The third kappa shape index (κ3) is 2.82. The fourth-order valence-electron chi connectivity index (χ4n) is 1.49. The summed E-state index contributed by atoms with van der Waals surface area (Å²) in [4.78, 5) is 12.0. The lowest BCUT2D eigenvalue weighted by Gasteiger charge is -2.05. The van der Waals surface area contributed by atoms with E-state index < -0.39 is 33.8 Å². The SMILES string of the molecule is O=C(c1ccc(F)c(Br)c1)c1cc(F)c(Cl)cc1F. The lowest BCUT2D eigenvalue weighted by Crippen LogP contribution is -2.05. The fourth-order valence-corrected chi connectivity index (χ4v) is 2.02. The molecule has 0 unspecified atom stereocenters. The molecule has 0 N–H and O–H groups in total. The van der Waals surface area contributed by atoms with Gasteiger partial charge in [-0.1, -0.05) is 11.6 Å². The van der Waals surface area contributed by atoms with E-state index >= 15 is 0 Å². The number of carbonyl (C=O) groups excluding carboxylic acids is 1. The number of carbonyl (C=O) groups is 1. The van der Waals surface area contributed by atoms with Crippen molar-refractivity contribution in [2.24, 2.45) is 0 Å². The minimum absolute atomic E-state index is 0.0360. The Bertz CT molecular complexity index is 673. The second-order valence-electron chi connectivity index (χ2n) is 3.70. The molecule has 0 heterocycles. The molecule has 2 aromatic carbocycles. The highest BCUT2D eigenvalue weighted by atomic mass is 79.9. The Hall–Kier alpha value is -1.33. The number of rotatable bonds is 2. The fraction of sp³-hybridized carbons (Fsp3) is 0. The molecule has 0 saturated carbocycles. The van der Waals surface area contributed by atoms with Crippen LogP contribution in [0.4, 0.5) is 13.2 Å². The van der Waals surface area contributed by atoms with Gasteiger partial charge in [0.15, 0.2) is 5.78 Å². The summed E-state index contributed by atoms with van der Waals surface area (Å²) >= 11 is 8.31. The van der Waals surface area contributed by atoms with Gasteiger partial charge in [0.05, 0.1) is 15.1 Å². The van der Waals surface area contributed by atoms with Crippen molar-refractivity contribution in [3.05, 3.63) is 68.4 Å². The van der Waals surface area contributed by atoms with Crippen LogP contribution in [0.3, 0.4) is 0 Å². The van der Waals surface area contributed by atoms with Gasteiger partial charge in [0, 0.05) is 5.56 Å². The van der Waals surface area contributed by atoms with E-state index in [1.165, 1.54) is 12.1 Å². The summed E-state index contributed by atoms with van der Waals surface area (Å²) in [7, 11) is 0. The number of ketones is 1. The predicted octanol–water partition coefficient (Wildman–Crippen LogP) is 4.75. The molecule has 0 radical (unpaired) electrons. The number of benzene rings is 2. The second kappa shape index (κ2) is 5.35. The minimum Gasteiger partial charge on any atom is -0.288 e. The average Bonchev–Trinajstić information content (AvgIpc) is 2.36. The van der Waals surface area contributed by atoms with E-state index in [2.05, 4.69) is 15.9 Å². The zero-order valence-electron chi connectivity index (χ0n) is 9.18. The van der Waals surface area contributed by atoms with Gasteiger partial charge < -0.3 is 0 Å². The Labute approximate surface area is 120 Å². The quantitative estimate of drug-likeness (QED) is 0.565. The van der Waals surface area contributed by atoms with Gasteiger partial charge in [-0.25, -0.2) is 13.2 Å². The summed E-state index contributed by atoms with van der Waals surface area (Å²) in [5, 5.41) is -0.408. The first-order chi connectivity index (χ1) is 8.90. The maximum Gasteiger partial charge on any atom is 0.196 e. The van der Waals surface area contributed by atoms with Crippen LogP contribution >= 0.6 is 27.5 Å².